The molecule has 3 aliphatic heterocycles. The highest BCUT2D eigenvalue weighted by Crippen LogP contribution is 2.38. The average molecular weight is 1200 g/mol. The zero-order valence-electron chi connectivity index (χ0n) is 50.1. The first-order chi connectivity index (χ1) is 39.9. The van der Waals surface area contributed by atoms with Crippen molar-refractivity contribution < 1.29 is 104 Å². The topological polar surface area (TPSA) is 376 Å². The Bertz CT molecular complexity index is 1750. The Kier molecular flexibility index (Phi) is 38.1. The molecule has 1 amide bonds. The van der Waals surface area contributed by atoms with Crippen LogP contribution >= 0.6 is 0 Å². The highest BCUT2D eigenvalue weighted by Gasteiger charge is 2.59. The molecule has 18 atom stereocenters. The number of aliphatic carboxylic acids is 1. The van der Waals surface area contributed by atoms with Crippen LogP contribution in [-0.4, -0.2) is 210 Å². The van der Waals surface area contributed by atoms with Crippen LogP contribution in [0.15, 0.2) is 12.2 Å². The minimum absolute atomic E-state index is 0.0687. The van der Waals surface area contributed by atoms with E-state index in [9.17, 15) is 70.6 Å². The van der Waals surface area contributed by atoms with Gasteiger partial charge in [-0.1, -0.05) is 187 Å². The van der Waals surface area contributed by atoms with E-state index in [4.69, 9.17) is 38.9 Å². The van der Waals surface area contributed by atoms with E-state index in [1.807, 2.05) is 6.08 Å². The van der Waals surface area contributed by atoms with Crippen LogP contribution in [0.25, 0.3) is 0 Å². The summed E-state index contributed by atoms with van der Waals surface area (Å²) < 4.78 is 39.6. The maximum atomic E-state index is 13.4. The molecule has 23 nitrogen and oxygen atoms in total. The molecule has 3 saturated heterocycles. The van der Waals surface area contributed by atoms with Crippen LogP contribution in [0, 0.1) is 0 Å². The number of hydrogen-bond acceptors (Lipinski definition) is 21. The van der Waals surface area contributed by atoms with Crippen molar-refractivity contribution in [1.82, 2.24) is 5.32 Å². The highest BCUT2D eigenvalue weighted by molar-refractivity contribution is 5.76. The summed E-state index contributed by atoms with van der Waals surface area (Å²) in [6, 6.07) is -2.58. The van der Waals surface area contributed by atoms with Crippen molar-refractivity contribution in [3.63, 3.8) is 0 Å². The summed E-state index contributed by atoms with van der Waals surface area (Å²) in [5.41, 5.74) is 6.07. The number of aliphatic hydroxyl groups excluding tert-OH is 10. The summed E-state index contributed by atoms with van der Waals surface area (Å²) in [5, 5.41) is 124. The van der Waals surface area contributed by atoms with E-state index in [-0.39, 0.29) is 18.7 Å². The Balaban J connectivity index is 1.66. The third kappa shape index (κ3) is 26.4. The standard InChI is InChI=1S/C60H110N2O21/c1-4-7-9-11-13-15-17-19-20-22-24-26-28-30-32-34-46(68)62-40(41(65)33-31-29-27-25-23-21-18-16-14-12-10-8-5-2)38-78-57-52(73)51(72)54(45(37-64)80-57)81-58-53(74)56(50(71)44(36-63)79-58)83-60(59(75)76)35-42(66)48(61)55(82-60)49(70)43(67)39-77-47(69)6-3/h31,33,40-45,48-58,63-67,70-74H,4-30,32,34-39,61H2,1-3H3,(H,62,68)(H,75,76)/b33-31+/t40?,41?,42-,43?,44-,45-,48+,49?,50+,51-,52-,53-,54-,55+,56+,57-,58+,60-/m1/s1. The average Bonchev–Trinajstić information content (AvgIpc) is 2.50. The molecule has 0 radical (unpaired) electrons. The molecule has 0 aliphatic carbocycles. The molecule has 14 N–H and O–H groups in total. The van der Waals surface area contributed by atoms with Crippen LogP contribution in [-0.2, 0) is 47.5 Å². The first-order valence-corrected chi connectivity index (χ1v) is 31.6. The molecule has 486 valence electrons. The second kappa shape index (κ2) is 42.4. The number of nitrogens with two attached hydrogens (primary N) is 1. The van der Waals surface area contributed by atoms with Crippen molar-refractivity contribution in [3.8, 4) is 0 Å². The summed E-state index contributed by atoms with van der Waals surface area (Å²) in [4.78, 5) is 38.0. The van der Waals surface area contributed by atoms with Crippen LogP contribution < -0.4 is 11.1 Å². The lowest BCUT2D eigenvalue weighted by Crippen LogP contribution is -2.70. The predicted molar refractivity (Wildman–Crippen MR) is 306 cm³/mol. The van der Waals surface area contributed by atoms with Gasteiger partial charge in [-0.2, -0.15) is 0 Å². The lowest BCUT2D eigenvalue weighted by molar-refractivity contribution is -0.386. The highest BCUT2D eigenvalue weighted by atomic mass is 16.8. The van der Waals surface area contributed by atoms with Crippen molar-refractivity contribution in [3.05, 3.63) is 12.2 Å². The predicted octanol–water partition coefficient (Wildman–Crippen LogP) is 3.95. The molecule has 3 rings (SSSR count). The van der Waals surface area contributed by atoms with Gasteiger partial charge in [0.05, 0.1) is 44.1 Å². The molecule has 83 heavy (non-hydrogen) atoms. The molecule has 4 unspecified atom stereocenters. The van der Waals surface area contributed by atoms with Gasteiger partial charge in [-0.3, -0.25) is 9.59 Å². The van der Waals surface area contributed by atoms with Crippen molar-refractivity contribution in [2.75, 3.05) is 26.4 Å². The fourth-order valence-electron chi connectivity index (χ4n) is 10.8. The lowest BCUT2D eigenvalue weighted by Gasteiger charge is -2.50. The Hall–Kier alpha value is -2.53. The van der Waals surface area contributed by atoms with Gasteiger partial charge in [-0.15, -0.1) is 0 Å². The molecule has 3 aliphatic rings. The number of hydrogen-bond donors (Lipinski definition) is 13. The summed E-state index contributed by atoms with van der Waals surface area (Å²) in [7, 11) is 0. The van der Waals surface area contributed by atoms with Crippen LogP contribution in [0.5, 0.6) is 0 Å². The maximum Gasteiger partial charge on any atom is 0.364 e. The summed E-state index contributed by atoms with van der Waals surface area (Å²) in [6.45, 7) is 2.86. The van der Waals surface area contributed by atoms with Gasteiger partial charge >= 0.3 is 11.9 Å². The molecular formula is C60H110N2O21. The van der Waals surface area contributed by atoms with E-state index >= 15 is 0 Å². The zero-order valence-corrected chi connectivity index (χ0v) is 50.1. The van der Waals surface area contributed by atoms with Crippen LogP contribution in [0.1, 0.15) is 213 Å². The number of ether oxygens (including phenoxy) is 7. The molecule has 0 spiro atoms. The van der Waals surface area contributed by atoms with Crippen molar-refractivity contribution in [2.24, 2.45) is 5.73 Å². The van der Waals surface area contributed by atoms with Crippen molar-refractivity contribution in [2.45, 2.75) is 323 Å². The second-order valence-electron chi connectivity index (χ2n) is 23.1. The number of nitrogens with one attached hydrogen (secondary N) is 1. The normalized spacial score (nSPS) is 30.0. The summed E-state index contributed by atoms with van der Waals surface area (Å²) >= 11 is 0. The molecule has 0 aromatic carbocycles. The first-order valence-electron chi connectivity index (χ1n) is 31.6. The molecule has 3 fully saturated rings. The van der Waals surface area contributed by atoms with Crippen LogP contribution in [0.4, 0.5) is 0 Å². The number of aliphatic hydroxyl groups is 10. The third-order valence-corrected chi connectivity index (χ3v) is 16.2. The van der Waals surface area contributed by atoms with E-state index in [1.165, 1.54) is 122 Å². The number of carbonyl (C=O) groups is 3. The number of amides is 1. The Morgan fingerprint density at radius 1 is 0.639 bits per heavy atom. The second-order valence-corrected chi connectivity index (χ2v) is 23.1. The van der Waals surface area contributed by atoms with Gasteiger partial charge in [-0.25, -0.2) is 4.79 Å². The third-order valence-electron chi connectivity index (χ3n) is 16.2. The first kappa shape index (κ1) is 74.7. The molecule has 0 aromatic heterocycles. The number of rotatable bonds is 46. The number of carboxylic acid groups (broad SMARTS) is 1. The van der Waals surface area contributed by atoms with Crippen molar-refractivity contribution >= 4 is 17.8 Å². The van der Waals surface area contributed by atoms with Gasteiger partial charge in [0.1, 0.15) is 73.8 Å². The largest absolute Gasteiger partial charge is 0.477 e. The van der Waals surface area contributed by atoms with Crippen LogP contribution in [0.3, 0.4) is 0 Å². The molecule has 3 heterocycles. The van der Waals surface area contributed by atoms with E-state index < -0.39 is 155 Å². The van der Waals surface area contributed by atoms with Crippen molar-refractivity contribution in [1.29, 1.82) is 0 Å². The van der Waals surface area contributed by atoms with Gasteiger partial charge < -0.3 is 100 Å². The molecule has 0 bridgehead atoms. The van der Waals surface area contributed by atoms with Gasteiger partial charge in [0.15, 0.2) is 12.6 Å². The fraction of sp³-hybridized carbons (Fsp3) is 0.917. The SMILES string of the molecule is CCCCCCCCCCCCC/C=C/C(O)C(CO[C@@H]1O[C@H](CO)[C@@H](O[C@@H]2O[C@H](CO)[C@H](O)[C@H](O[C@@]3(C(=O)O)C[C@@H](O)[C@H](N)[C@@H](C(O)C(O)COC(=O)CC)O3)[C@H]2O)[C@H](O)[C@H]1O)NC(=O)CCCCCCCCCCCCCCCCC. The number of unbranched alkanes of at least 4 members (excludes halogenated alkanes) is 25. The summed E-state index contributed by atoms with van der Waals surface area (Å²) in [6.07, 6.45) is 6.11. The molecule has 0 aromatic rings. The Morgan fingerprint density at radius 2 is 1.14 bits per heavy atom. The van der Waals surface area contributed by atoms with Gasteiger partial charge in [0.2, 0.25) is 5.91 Å². The fourth-order valence-corrected chi connectivity index (χ4v) is 10.8. The number of carboxylic acids is 1. The zero-order chi connectivity index (χ0) is 61.2. The van der Waals surface area contributed by atoms with Gasteiger partial charge in [0, 0.05) is 19.3 Å². The Labute approximate surface area is 492 Å². The quantitative estimate of drug-likeness (QED) is 0.0233. The number of esters is 1. The maximum absolute atomic E-state index is 13.4. The minimum atomic E-state index is -3.03. The summed E-state index contributed by atoms with van der Waals surface area (Å²) in [5.74, 6) is -6.03. The molecule has 23 heteroatoms. The molecule has 0 saturated carbocycles. The van der Waals surface area contributed by atoms with Gasteiger partial charge in [-0.05, 0) is 19.3 Å². The smallest absolute Gasteiger partial charge is 0.364 e. The lowest BCUT2D eigenvalue weighted by atomic mass is 9.88. The van der Waals surface area contributed by atoms with Gasteiger partial charge in [0.25, 0.3) is 5.79 Å². The number of carbonyl (C=O) groups excluding carboxylic acids is 2. The van der Waals surface area contributed by atoms with E-state index in [0.29, 0.717) is 12.8 Å². The van der Waals surface area contributed by atoms with E-state index in [2.05, 4.69) is 19.2 Å². The van der Waals surface area contributed by atoms with E-state index in [0.717, 1.165) is 44.9 Å². The Morgan fingerprint density at radius 3 is 1.65 bits per heavy atom. The number of allylic oxidation sites excluding steroid dienone is 1. The molecular weight excluding hydrogens is 1080 g/mol. The van der Waals surface area contributed by atoms with Crippen LogP contribution in [0.2, 0.25) is 0 Å². The van der Waals surface area contributed by atoms with E-state index in [1.54, 1.807) is 6.08 Å². The minimum Gasteiger partial charge on any atom is -0.477 e. The monoisotopic (exact) mass is 1190 g/mol.